The third-order valence-corrected chi connectivity index (χ3v) is 4.24. The summed E-state index contributed by atoms with van der Waals surface area (Å²) in [4.78, 5) is 9.10. The Labute approximate surface area is 137 Å². The van der Waals surface area contributed by atoms with Crippen LogP contribution >= 0.6 is 0 Å². The second-order valence-electron chi connectivity index (χ2n) is 6.51. The van der Waals surface area contributed by atoms with Gasteiger partial charge in [-0.2, -0.15) is 0 Å². The zero-order valence-corrected chi connectivity index (χ0v) is 14.9. The molecule has 0 fully saturated rings. The molecule has 0 N–H and O–H groups in total. The topological polar surface area (TPSA) is 39.4 Å². The van der Waals surface area contributed by atoms with Crippen molar-refractivity contribution in [1.29, 1.82) is 0 Å². The zero-order valence-electron chi connectivity index (χ0n) is 13.9. The fraction of sp³-hybridized carbons (Fsp3) is 0.222. The van der Waals surface area contributed by atoms with Gasteiger partial charge in [0.25, 0.3) is 0 Å². The van der Waals surface area contributed by atoms with Crippen LogP contribution in [-0.2, 0) is 7.05 Å². The molecular weight excluding hydrogens is 302 g/mol. The molecule has 23 heavy (non-hydrogen) atoms. The highest BCUT2D eigenvalue weighted by molar-refractivity contribution is 6.70. The van der Waals surface area contributed by atoms with E-state index >= 15 is 0 Å². The number of nitrogens with zero attached hydrogens (tertiary/aromatic N) is 3. The molecule has 118 valence electrons. The molecule has 1 heterocycles. The van der Waals surface area contributed by atoms with Crippen molar-refractivity contribution in [2.45, 2.75) is 19.6 Å². The third-order valence-electron chi connectivity index (χ3n) is 3.41. The number of benzene rings is 2. The molecule has 0 aliphatic rings. The van der Waals surface area contributed by atoms with Gasteiger partial charge in [0.2, 0.25) is 8.32 Å². The van der Waals surface area contributed by atoms with E-state index in [0.29, 0.717) is 0 Å². The monoisotopic (exact) mass is 323 g/mol. The second kappa shape index (κ2) is 6.00. The largest absolute Gasteiger partial charge is 0.543 e. The van der Waals surface area contributed by atoms with E-state index in [-0.39, 0.29) is 0 Å². The van der Waals surface area contributed by atoms with Gasteiger partial charge in [-0.25, -0.2) is 4.98 Å². The Morgan fingerprint density at radius 2 is 1.87 bits per heavy atom. The van der Waals surface area contributed by atoms with E-state index in [1.165, 1.54) is 0 Å². The number of aryl methyl sites for hydroxylation is 1. The lowest BCUT2D eigenvalue weighted by Gasteiger charge is -2.20. The third kappa shape index (κ3) is 3.51. The van der Waals surface area contributed by atoms with E-state index in [9.17, 15) is 0 Å². The lowest BCUT2D eigenvalue weighted by Crippen LogP contribution is -2.29. The maximum Gasteiger partial charge on any atom is 0.242 e. The number of hydrogen-bond acceptors (Lipinski definition) is 3. The van der Waals surface area contributed by atoms with E-state index in [1.54, 1.807) is 0 Å². The molecular formula is C18H21N3OSi. The van der Waals surface area contributed by atoms with E-state index in [2.05, 4.69) is 35.7 Å². The van der Waals surface area contributed by atoms with Crippen LogP contribution in [0.4, 0.5) is 5.69 Å². The molecule has 0 spiro atoms. The van der Waals surface area contributed by atoms with Crippen molar-refractivity contribution < 1.29 is 4.43 Å². The molecule has 3 aromatic rings. The molecule has 0 bridgehead atoms. The normalized spacial score (nSPS) is 12.2. The van der Waals surface area contributed by atoms with Crippen molar-refractivity contribution in [1.82, 2.24) is 9.55 Å². The minimum absolute atomic E-state index is 0.844. The quantitative estimate of drug-likeness (QED) is 0.522. The number of imidazole rings is 1. The number of aliphatic imine (C=N–C) groups is 1. The Morgan fingerprint density at radius 3 is 2.65 bits per heavy atom. The molecule has 5 heteroatoms. The van der Waals surface area contributed by atoms with Gasteiger partial charge in [0.05, 0.1) is 17.4 Å². The molecule has 3 rings (SSSR count). The SMILES string of the molecule is Cn1cnc2c(C=Nc3ccccc3O[Si](C)(C)C)cccc21. The Bertz CT molecular complexity index is 862. The number of para-hydroxylation sites is 3. The number of aromatic nitrogens is 2. The van der Waals surface area contributed by atoms with Crippen LogP contribution in [0, 0.1) is 0 Å². The predicted molar refractivity (Wildman–Crippen MR) is 98.4 cm³/mol. The smallest absolute Gasteiger partial charge is 0.242 e. The summed E-state index contributed by atoms with van der Waals surface area (Å²) in [5.41, 5.74) is 3.91. The minimum Gasteiger partial charge on any atom is -0.543 e. The first-order chi connectivity index (χ1) is 10.9. The first-order valence-electron chi connectivity index (χ1n) is 7.66. The van der Waals surface area contributed by atoms with Crippen molar-refractivity contribution in [3.8, 4) is 5.75 Å². The molecule has 0 saturated heterocycles. The molecule has 0 amide bonds. The lowest BCUT2D eigenvalue weighted by molar-refractivity contribution is 0.559. The van der Waals surface area contributed by atoms with E-state index in [0.717, 1.165) is 28.0 Å². The van der Waals surface area contributed by atoms with Crippen molar-refractivity contribution >= 4 is 31.3 Å². The highest BCUT2D eigenvalue weighted by Crippen LogP contribution is 2.29. The van der Waals surface area contributed by atoms with Gasteiger partial charge < -0.3 is 8.99 Å². The highest BCUT2D eigenvalue weighted by atomic mass is 28.4. The number of hydrogen-bond donors (Lipinski definition) is 0. The molecule has 1 aromatic heterocycles. The van der Waals surface area contributed by atoms with Crippen LogP contribution in [0.3, 0.4) is 0 Å². The molecule has 0 radical (unpaired) electrons. The Morgan fingerprint density at radius 1 is 1.09 bits per heavy atom. The molecule has 0 aliphatic carbocycles. The summed E-state index contributed by atoms with van der Waals surface area (Å²) in [5, 5.41) is 0. The maximum atomic E-state index is 6.12. The zero-order chi connectivity index (χ0) is 16.4. The first kappa shape index (κ1) is 15.5. The minimum atomic E-state index is -1.67. The highest BCUT2D eigenvalue weighted by Gasteiger charge is 2.17. The number of rotatable bonds is 4. The summed E-state index contributed by atoms with van der Waals surface area (Å²) in [5.74, 6) is 0.844. The van der Waals surface area contributed by atoms with Gasteiger partial charge in [-0.05, 0) is 37.8 Å². The van der Waals surface area contributed by atoms with Gasteiger partial charge in [0.15, 0.2) is 0 Å². The van der Waals surface area contributed by atoms with E-state index < -0.39 is 8.32 Å². The standard InChI is InChI=1S/C18H21N3OSi/c1-21-13-20-18-14(8-7-10-16(18)21)12-19-15-9-5-6-11-17(15)22-23(2,3)4/h5-13H,1-4H3. The van der Waals surface area contributed by atoms with Gasteiger partial charge in [-0.15, -0.1) is 0 Å². The van der Waals surface area contributed by atoms with Crippen LogP contribution in [0.2, 0.25) is 19.6 Å². The number of fused-ring (bicyclic) bond motifs is 1. The molecule has 2 aromatic carbocycles. The predicted octanol–water partition coefficient (Wildman–Crippen LogP) is 4.54. The molecule has 0 saturated carbocycles. The summed E-state index contributed by atoms with van der Waals surface area (Å²) in [7, 11) is 0.326. The van der Waals surface area contributed by atoms with E-state index in [1.807, 2.05) is 60.6 Å². The van der Waals surface area contributed by atoms with Crippen molar-refractivity contribution in [2.75, 3.05) is 0 Å². The summed E-state index contributed by atoms with van der Waals surface area (Å²) < 4.78 is 8.13. The van der Waals surface area contributed by atoms with Crippen LogP contribution < -0.4 is 4.43 Å². The molecule has 0 atom stereocenters. The van der Waals surface area contributed by atoms with Crippen LogP contribution in [0.25, 0.3) is 11.0 Å². The fourth-order valence-corrected chi connectivity index (χ4v) is 3.24. The Kier molecular flexibility index (Phi) is 4.04. The van der Waals surface area contributed by atoms with Crippen molar-refractivity contribution in [3.63, 3.8) is 0 Å². The maximum absolute atomic E-state index is 6.12. The van der Waals surface area contributed by atoms with Crippen molar-refractivity contribution in [2.24, 2.45) is 12.0 Å². The summed E-state index contributed by atoms with van der Waals surface area (Å²) in [6.45, 7) is 6.51. The van der Waals surface area contributed by atoms with Crippen molar-refractivity contribution in [3.05, 3.63) is 54.4 Å². The average Bonchev–Trinajstić information content (AvgIpc) is 2.87. The molecule has 0 aliphatic heterocycles. The lowest BCUT2D eigenvalue weighted by atomic mass is 10.2. The van der Waals surface area contributed by atoms with Gasteiger partial charge in [-0.1, -0.05) is 24.3 Å². The summed E-state index contributed by atoms with van der Waals surface area (Å²) >= 11 is 0. The Hall–Kier alpha value is -2.40. The van der Waals surface area contributed by atoms with E-state index in [4.69, 9.17) is 4.43 Å². The van der Waals surface area contributed by atoms with Crippen LogP contribution in [0.1, 0.15) is 5.56 Å². The average molecular weight is 323 g/mol. The van der Waals surface area contributed by atoms with Gasteiger partial charge in [0.1, 0.15) is 11.4 Å². The first-order valence-corrected chi connectivity index (χ1v) is 11.1. The Balaban J connectivity index is 1.97. The molecule has 4 nitrogen and oxygen atoms in total. The van der Waals surface area contributed by atoms with Gasteiger partial charge in [0, 0.05) is 18.8 Å². The molecule has 0 unspecified atom stereocenters. The second-order valence-corrected chi connectivity index (χ2v) is 10.9. The van der Waals surface area contributed by atoms with Crippen LogP contribution in [-0.4, -0.2) is 24.1 Å². The fourth-order valence-electron chi connectivity index (χ4n) is 2.40. The summed E-state index contributed by atoms with van der Waals surface area (Å²) in [6, 6.07) is 14.0. The summed E-state index contributed by atoms with van der Waals surface area (Å²) in [6.07, 6.45) is 3.69. The van der Waals surface area contributed by atoms with Crippen LogP contribution in [0.15, 0.2) is 53.8 Å². The van der Waals surface area contributed by atoms with Crippen LogP contribution in [0.5, 0.6) is 5.75 Å². The van der Waals surface area contributed by atoms with Gasteiger partial charge in [-0.3, -0.25) is 4.99 Å². The van der Waals surface area contributed by atoms with Gasteiger partial charge >= 0.3 is 0 Å².